The fourth-order valence-electron chi connectivity index (χ4n) is 3.34. The minimum Gasteiger partial charge on any atom is -0.256 e. The highest BCUT2D eigenvalue weighted by Gasteiger charge is 2.13. The van der Waals surface area contributed by atoms with Gasteiger partial charge in [-0.15, -0.1) is 11.3 Å². The van der Waals surface area contributed by atoms with Crippen LogP contribution >= 0.6 is 11.3 Å². The summed E-state index contributed by atoms with van der Waals surface area (Å²) in [6.07, 6.45) is 1.74. The molecule has 4 heteroatoms. The summed E-state index contributed by atoms with van der Waals surface area (Å²) in [6.45, 7) is -1.13. The molecule has 2 nitrogen and oxygen atoms in total. The quantitative estimate of drug-likeness (QED) is 0.325. The SMILES string of the molecule is [2H]C([2H])c1cc(-c2cccc3c2sc2nc(F)ccc23)ncc1-c1ccccc1. The van der Waals surface area contributed by atoms with Crippen LogP contribution in [0.25, 0.3) is 42.7 Å². The Labute approximate surface area is 162 Å². The van der Waals surface area contributed by atoms with Crippen LogP contribution in [0.15, 0.2) is 72.9 Å². The van der Waals surface area contributed by atoms with Crippen molar-refractivity contribution >= 4 is 31.6 Å². The normalized spacial score (nSPS) is 12.5. The Bertz CT molecular complexity index is 1350. The molecular formula is C23H15FN2S. The zero-order chi connectivity index (χ0) is 20.0. The second kappa shape index (κ2) is 6.25. The Balaban J connectivity index is 1.73. The lowest BCUT2D eigenvalue weighted by atomic mass is 10.00. The molecule has 0 radical (unpaired) electrons. The number of rotatable bonds is 2. The number of benzene rings is 2. The second-order valence-corrected chi connectivity index (χ2v) is 7.29. The van der Waals surface area contributed by atoms with E-state index in [0.717, 1.165) is 32.2 Å². The molecule has 0 aliphatic carbocycles. The van der Waals surface area contributed by atoms with Crippen LogP contribution in [0, 0.1) is 12.8 Å². The van der Waals surface area contributed by atoms with Gasteiger partial charge in [0.05, 0.1) is 5.69 Å². The number of aromatic nitrogens is 2. The van der Waals surface area contributed by atoms with Crippen LogP contribution < -0.4 is 0 Å². The molecule has 5 rings (SSSR count). The lowest BCUT2D eigenvalue weighted by Crippen LogP contribution is -1.89. The summed E-state index contributed by atoms with van der Waals surface area (Å²) in [5.41, 5.74) is 3.92. The van der Waals surface area contributed by atoms with Crippen molar-refractivity contribution in [2.75, 3.05) is 0 Å². The number of fused-ring (bicyclic) bond motifs is 3. The predicted octanol–water partition coefficient (Wildman–Crippen LogP) is 6.63. The highest BCUT2D eigenvalue weighted by Crippen LogP contribution is 2.39. The van der Waals surface area contributed by atoms with Gasteiger partial charge < -0.3 is 0 Å². The van der Waals surface area contributed by atoms with Gasteiger partial charge in [-0.2, -0.15) is 4.39 Å². The Morgan fingerprint density at radius 1 is 0.926 bits per heavy atom. The third-order valence-electron chi connectivity index (χ3n) is 4.63. The molecular weight excluding hydrogens is 355 g/mol. The largest absolute Gasteiger partial charge is 0.256 e. The molecule has 0 atom stereocenters. The molecule has 5 aromatic rings. The first-order valence-corrected chi connectivity index (χ1v) is 9.31. The van der Waals surface area contributed by atoms with Crippen LogP contribution in [-0.4, -0.2) is 9.97 Å². The summed E-state index contributed by atoms with van der Waals surface area (Å²) < 4.78 is 30.6. The first-order chi connectivity index (χ1) is 14.1. The Morgan fingerprint density at radius 2 is 1.81 bits per heavy atom. The van der Waals surface area contributed by atoms with Crippen molar-refractivity contribution in [3.63, 3.8) is 0 Å². The van der Waals surface area contributed by atoms with Crippen molar-refractivity contribution in [1.82, 2.24) is 9.97 Å². The highest BCUT2D eigenvalue weighted by atomic mass is 32.1. The summed E-state index contributed by atoms with van der Waals surface area (Å²) in [4.78, 5) is 9.32. The molecule has 130 valence electrons. The third-order valence-corrected chi connectivity index (χ3v) is 5.78. The maximum absolute atomic E-state index is 13.6. The number of hydrogen-bond acceptors (Lipinski definition) is 3. The van der Waals surface area contributed by atoms with Gasteiger partial charge in [0.2, 0.25) is 5.95 Å². The molecule has 0 amide bonds. The van der Waals surface area contributed by atoms with Gasteiger partial charge in [-0.1, -0.05) is 48.5 Å². The van der Waals surface area contributed by atoms with Crippen LogP contribution in [-0.2, 0) is 0 Å². The number of halogens is 1. The van der Waals surface area contributed by atoms with E-state index >= 15 is 0 Å². The van der Waals surface area contributed by atoms with Gasteiger partial charge >= 0.3 is 0 Å². The lowest BCUT2D eigenvalue weighted by molar-refractivity contribution is 0.590. The Morgan fingerprint density at radius 3 is 2.67 bits per heavy atom. The fourth-order valence-corrected chi connectivity index (χ4v) is 4.52. The van der Waals surface area contributed by atoms with Crippen LogP contribution in [0.5, 0.6) is 0 Å². The second-order valence-electron chi connectivity index (χ2n) is 6.29. The van der Waals surface area contributed by atoms with Gasteiger partial charge in [-0.25, -0.2) is 4.98 Å². The smallest absolute Gasteiger partial charge is 0.214 e. The molecule has 3 aromatic heterocycles. The molecule has 3 heterocycles. The zero-order valence-electron chi connectivity index (χ0n) is 16.2. The molecule has 0 spiro atoms. The van der Waals surface area contributed by atoms with Crippen molar-refractivity contribution < 1.29 is 7.13 Å². The molecule has 2 aromatic carbocycles. The molecule has 0 aliphatic rings. The number of hydrogen-bond donors (Lipinski definition) is 0. The van der Waals surface area contributed by atoms with Crippen molar-refractivity contribution in [3.8, 4) is 22.4 Å². The van der Waals surface area contributed by atoms with Gasteiger partial charge in [0.25, 0.3) is 0 Å². The lowest BCUT2D eigenvalue weighted by Gasteiger charge is -2.09. The Hall–Kier alpha value is -3.11. The van der Waals surface area contributed by atoms with Gasteiger partial charge in [0.15, 0.2) is 0 Å². The van der Waals surface area contributed by atoms with E-state index < -0.39 is 12.8 Å². The fraction of sp³-hybridized carbons (Fsp3) is 0.0435. The molecule has 27 heavy (non-hydrogen) atoms. The van der Waals surface area contributed by atoms with Gasteiger partial charge in [0.1, 0.15) is 4.83 Å². The zero-order valence-corrected chi connectivity index (χ0v) is 15.0. The van der Waals surface area contributed by atoms with Gasteiger partial charge in [-0.05, 0) is 36.2 Å². The van der Waals surface area contributed by atoms with Crippen molar-refractivity contribution in [1.29, 1.82) is 0 Å². The van der Waals surface area contributed by atoms with E-state index in [2.05, 4.69) is 9.97 Å². The van der Waals surface area contributed by atoms with Crippen LogP contribution in [0.4, 0.5) is 4.39 Å². The standard InChI is InChI=1S/C23H15FN2S/c1-14-12-20(25-13-19(14)15-6-3-2-4-7-15)18-9-5-8-16-17-10-11-21(24)26-23(17)27-22(16)18/h2-13H,1H3/i1D2. The van der Waals surface area contributed by atoms with Crippen LogP contribution in [0.2, 0.25) is 0 Å². The monoisotopic (exact) mass is 372 g/mol. The topological polar surface area (TPSA) is 25.8 Å². The maximum atomic E-state index is 13.6. The Kier molecular flexibility index (Phi) is 3.24. The average Bonchev–Trinajstić information content (AvgIpc) is 3.11. The van der Waals surface area contributed by atoms with E-state index in [1.54, 1.807) is 12.3 Å². The molecule has 0 saturated heterocycles. The summed E-state index contributed by atoms with van der Waals surface area (Å²) in [5.74, 6) is -0.496. The molecule has 0 aliphatic heterocycles. The number of aryl methyl sites for hydroxylation is 1. The minimum absolute atomic E-state index is 0.496. The van der Waals surface area contributed by atoms with Crippen LogP contribution in [0.3, 0.4) is 0 Å². The van der Waals surface area contributed by atoms with Gasteiger partial charge in [0, 0.05) is 35.5 Å². The van der Waals surface area contributed by atoms with E-state index in [9.17, 15) is 4.39 Å². The first-order valence-electron chi connectivity index (χ1n) is 9.65. The summed E-state index contributed by atoms with van der Waals surface area (Å²) >= 11 is 1.43. The number of nitrogens with zero attached hydrogens (tertiary/aromatic N) is 2. The van der Waals surface area contributed by atoms with E-state index in [1.807, 2.05) is 54.6 Å². The van der Waals surface area contributed by atoms with Crippen molar-refractivity contribution in [3.05, 3.63) is 84.4 Å². The minimum atomic E-state index is -1.13. The average molecular weight is 372 g/mol. The predicted molar refractivity (Wildman–Crippen MR) is 110 cm³/mol. The summed E-state index contributed by atoms with van der Waals surface area (Å²) in [6, 6.07) is 20.5. The molecule has 0 fully saturated rings. The number of thiophene rings is 1. The van der Waals surface area contributed by atoms with E-state index in [0.29, 0.717) is 16.1 Å². The van der Waals surface area contributed by atoms with Gasteiger partial charge in [-0.3, -0.25) is 4.98 Å². The van der Waals surface area contributed by atoms with Crippen LogP contribution in [0.1, 0.15) is 8.30 Å². The van der Waals surface area contributed by atoms with Crippen molar-refractivity contribution in [2.45, 2.75) is 6.88 Å². The third kappa shape index (κ3) is 2.69. The maximum Gasteiger partial charge on any atom is 0.214 e. The molecule has 0 unspecified atom stereocenters. The first kappa shape index (κ1) is 14.0. The molecule has 0 saturated carbocycles. The summed E-state index contributed by atoms with van der Waals surface area (Å²) in [5, 5.41) is 1.91. The van der Waals surface area contributed by atoms with E-state index in [4.69, 9.17) is 2.74 Å². The molecule has 0 bridgehead atoms. The van der Waals surface area contributed by atoms with E-state index in [-0.39, 0.29) is 0 Å². The highest BCUT2D eigenvalue weighted by molar-refractivity contribution is 7.26. The molecule has 0 N–H and O–H groups in total. The number of pyridine rings is 2. The van der Waals surface area contributed by atoms with E-state index in [1.165, 1.54) is 17.4 Å². The van der Waals surface area contributed by atoms with Crippen molar-refractivity contribution in [2.24, 2.45) is 0 Å². The summed E-state index contributed by atoms with van der Waals surface area (Å²) in [7, 11) is 0.